The third kappa shape index (κ3) is 3.38. The maximum Gasteiger partial charge on any atom is 0.186 e. The van der Waals surface area contributed by atoms with Crippen LogP contribution in [0.25, 0.3) is 0 Å². The number of aryl methyl sites for hydroxylation is 1. The number of nitrogens with zero attached hydrogens (tertiary/aromatic N) is 2. The second-order valence-electron chi connectivity index (χ2n) is 4.34. The molecule has 2 rings (SSSR count). The smallest absolute Gasteiger partial charge is 0.186 e. The molecule has 106 valence electrons. The summed E-state index contributed by atoms with van der Waals surface area (Å²) in [5.41, 5.74) is 1.25. The topological polar surface area (TPSA) is 37.8 Å². The zero-order chi connectivity index (χ0) is 14.7. The average molecular weight is 314 g/mol. The Labute approximate surface area is 127 Å². The van der Waals surface area contributed by atoms with Gasteiger partial charge in [0, 0.05) is 13.0 Å². The second-order valence-corrected chi connectivity index (χ2v) is 5.16. The van der Waals surface area contributed by atoms with E-state index in [9.17, 15) is 4.39 Å². The van der Waals surface area contributed by atoms with E-state index in [1.54, 1.807) is 19.1 Å². The molecular weight excluding hydrogens is 300 g/mol. The molecule has 20 heavy (non-hydrogen) atoms. The van der Waals surface area contributed by atoms with E-state index in [0.29, 0.717) is 34.5 Å². The van der Waals surface area contributed by atoms with Crippen molar-refractivity contribution in [2.75, 3.05) is 11.9 Å². The molecule has 0 aliphatic carbocycles. The first-order valence-electron chi connectivity index (χ1n) is 6.22. The molecule has 1 aromatic heterocycles. The van der Waals surface area contributed by atoms with Gasteiger partial charge in [0.1, 0.15) is 5.82 Å². The molecule has 0 aliphatic heterocycles. The molecule has 1 heterocycles. The lowest BCUT2D eigenvalue weighted by molar-refractivity contribution is 0.601. The van der Waals surface area contributed by atoms with E-state index in [2.05, 4.69) is 15.3 Å². The lowest BCUT2D eigenvalue weighted by Gasteiger charge is -2.09. The second kappa shape index (κ2) is 6.37. The molecule has 0 radical (unpaired) electrons. The number of nitrogens with one attached hydrogen (secondary N) is 1. The fourth-order valence-electron chi connectivity index (χ4n) is 1.81. The van der Waals surface area contributed by atoms with Crippen LogP contribution in [0.3, 0.4) is 0 Å². The summed E-state index contributed by atoms with van der Waals surface area (Å²) in [6, 6.07) is 5.34. The molecule has 0 aliphatic rings. The van der Waals surface area contributed by atoms with Crippen molar-refractivity contribution in [2.24, 2.45) is 0 Å². The molecule has 1 N–H and O–H groups in total. The number of anilines is 1. The van der Waals surface area contributed by atoms with Gasteiger partial charge in [-0.1, -0.05) is 29.3 Å². The number of rotatable bonds is 4. The Morgan fingerprint density at radius 2 is 1.95 bits per heavy atom. The highest BCUT2D eigenvalue weighted by molar-refractivity contribution is 6.42. The Balaban J connectivity index is 2.31. The molecule has 6 heteroatoms. The largest absolute Gasteiger partial charge is 0.368 e. The Kier molecular flexibility index (Phi) is 4.78. The molecule has 0 unspecified atom stereocenters. The van der Waals surface area contributed by atoms with Gasteiger partial charge in [-0.3, -0.25) is 0 Å². The van der Waals surface area contributed by atoms with Crippen molar-refractivity contribution in [1.29, 1.82) is 0 Å². The number of benzene rings is 1. The van der Waals surface area contributed by atoms with Gasteiger partial charge in [0.25, 0.3) is 0 Å². The van der Waals surface area contributed by atoms with Crippen LogP contribution in [0, 0.1) is 12.7 Å². The van der Waals surface area contributed by atoms with Crippen LogP contribution in [0.4, 0.5) is 10.2 Å². The first kappa shape index (κ1) is 15.0. The fraction of sp³-hybridized carbons (Fsp3) is 0.286. The van der Waals surface area contributed by atoms with E-state index >= 15 is 0 Å². The summed E-state index contributed by atoms with van der Waals surface area (Å²) in [5.74, 6) is 0.359. The van der Waals surface area contributed by atoms with Crippen molar-refractivity contribution in [3.05, 3.63) is 51.1 Å². The molecule has 0 spiro atoms. The fourth-order valence-corrected chi connectivity index (χ4v) is 2.13. The van der Waals surface area contributed by atoms with Crippen LogP contribution in [0.2, 0.25) is 10.0 Å². The summed E-state index contributed by atoms with van der Waals surface area (Å²) < 4.78 is 13.8. The van der Waals surface area contributed by atoms with Crippen LogP contribution < -0.4 is 5.32 Å². The highest BCUT2D eigenvalue weighted by Crippen LogP contribution is 2.24. The molecule has 0 bridgehead atoms. The maximum absolute atomic E-state index is 13.8. The van der Waals surface area contributed by atoms with Gasteiger partial charge in [0.15, 0.2) is 11.6 Å². The van der Waals surface area contributed by atoms with Gasteiger partial charge in [-0.15, -0.1) is 0 Å². The van der Waals surface area contributed by atoms with Gasteiger partial charge in [0.2, 0.25) is 0 Å². The summed E-state index contributed by atoms with van der Waals surface area (Å²) in [6.45, 7) is 4.10. The molecule has 0 saturated carbocycles. The third-order valence-corrected chi connectivity index (χ3v) is 3.49. The Morgan fingerprint density at radius 3 is 2.60 bits per heavy atom. The third-order valence-electron chi connectivity index (χ3n) is 2.75. The molecular formula is C14H14Cl2FN3. The Hall–Kier alpha value is -1.39. The molecule has 0 amide bonds. The molecule has 1 aromatic carbocycles. The first-order chi connectivity index (χ1) is 9.51. The van der Waals surface area contributed by atoms with Gasteiger partial charge in [-0.25, -0.2) is 14.4 Å². The highest BCUT2D eigenvalue weighted by Gasteiger charge is 2.11. The lowest BCUT2D eigenvalue weighted by atomic mass is 10.1. The standard InChI is InChI=1S/C14H14Cl2FN3/c1-3-18-14-13(17)8(2)19-12(20-14)7-9-4-5-10(15)11(16)6-9/h4-6H,3,7H2,1-2H3,(H,18,19,20). The molecule has 0 saturated heterocycles. The zero-order valence-corrected chi connectivity index (χ0v) is 12.7. The van der Waals surface area contributed by atoms with Gasteiger partial charge in [-0.2, -0.15) is 0 Å². The number of hydrogen-bond donors (Lipinski definition) is 1. The van der Waals surface area contributed by atoms with E-state index in [1.807, 2.05) is 13.0 Å². The minimum absolute atomic E-state index is 0.232. The number of hydrogen-bond acceptors (Lipinski definition) is 3. The van der Waals surface area contributed by atoms with Gasteiger partial charge in [-0.05, 0) is 31.5 Å². The van der Waals surface area contributed by atoms with Crippen molar-refractivity contribution in [1.82, 2.24) is 9.97 Å². The molecule has 3 nitrogen and oxygen atoms in total. The normalized spacial score (nSPS) is 10.7. The summed E-state index contributed by atoms with van der Waals surface area (Å²) in [4.78, 5) is 8.36. The predicted molar refractivity (Wildman–Crippen MR) is 80.2 cm³/mol. The summed E-state index contributed by atoms with van der Waals surface area (Å²) in [5, 5.41) is 3.87. The average Bonchev–Trinajstić information content (AvgIpc) is 2.40. The van der Waals surface area contributed by atoms with E-state index in [1.165, 1.54) is 0 Å². The van der Waals surface area contributed by atoms with Crippen molar-refractivity contribution < 1.29 is 4.39 Å². The number of halogens is 3. The molecule has 0 atom stereocenters. The minimum atomic E-state index is -0.412. The van der Waals surface area contributed by atoms with Gasteiger partial charge >= 0.3 is 0 Å². The lowest BCUT2D eigenvalue weighted by Crippen LogP contribution is -2.09. The maximum atomic E-state index is 13.8. The van der Waals surface area contributed by atoms with Gasteiger partial charge in [0.05, 0.1) is 15.7 Å². The Morgan fingerprint density at radius 1 is 1.20 bits per heavy atom. The van der Waals surface area contributed by atoms with Crippen molar-refractivity contribution >= 4 is 29.0 Å². The zero-order valence-electron chi connectivity index (χ0n) is 11.2. The first-order valence-corrected chi connectivity index (χ1v) is 6.97. The monoisotopic (exact) mass is 313 g/mol. The Bertz CT molecular complexity index is 632. The van der Waals surface area contributed by atoms with E-state index < -0.39 is 5.82 Å². The summed E-state index contributed by atoms with van der Waals surface area (Å²) in [7, 11) is 0. The van der Waals surface area contributed by atoms with Crippen LogP contribution in [-0.4, -0.2) is 16.5 Å². The number of aromatic nitrogens is 2. The van der Waals surface area contributed by atoms with Crippen LogP contribution in [0.1, 0.15) is 24.0 Å². The van der Waals surface area contributed by atoms with Crippen molar-refractivity contribution in [3.8, 4) is 0 Å². The van der Waals surface area contributed by atoms with Gasteiger partial charge < -0.3 is 5.32 Å². The van der Waals surface area contributed by atoms with Crippen molar-refractivity contribution in [2.45, 2.75) is 20.3 Å². The van der Waals surface area contributed by atoms with E-state index in [0.717, 1.165) is 5.56 Å². The quantitative estimate of drug-likeness (QED) is 0.916. The van der Waals surface area contributed by atoms with Crippen LogP contribution >= 0.6 is 23.2 Å². The summed E-state index contributed by atoms with van der Waals surface area (Å²) in [6.07, 6.45) is 0.469. The van der Waals surface area contributed by atoms with Crippen LogP contribution in [0.15, 0.2) is 18.2 Å². The van der Waals surface area contributed by atoms with E-state index in [-0.39, 0.29) is 5.82 Å². The van der Waals surface area contributed by atoms with Crippen LogP contribution in [0.5, 0.6) is 0 Å². The summed E-state index contributed by atoms with van der Waals surface area (Å²) >= 11 is 11.8. The molecule has 0 fully saturated rings. The minimum Gasteiger partial charge on any atom is -0.368 e. The predicted octanol–water partition coefficient (Wildman–Crippen LogP) is 4.25. The molecule has 2 aromatic rings. The van der Waals surface area contributed by atoms with Crippen molar-refractivity contribution in [3.63, 3.8) is 0 Å². The van der Waals surface area contributed by atoms with Crippen LogP contribution in [-0.2, 0) is 6.42 Å². The van der Waals surface area contributed by atoms with E-state index in [4.69, 9.17) is 23.2 Å². The SMILES string of the molecule is CCNc1nc(Cc2ccc(Cl)c(Cl)c2)nc(C)c1F. The highest BCUT2D eigenvalue weighted by atomic mass is 35.5.